The second-order valence-electron chi connectivity index (χ2n) is 3.43. The predicted molar refractivity (Wildman–Crippen MR) is 60.6 cm³/mol. The molecule has 0 amide bonds. The van der Waals surface area contributed by atoms with Crippen LogP contribution in [0.25, 0.3) is 0 Å². The Morgan fingerprint density at radius 2 is 1.38 bits per heavy atom. The molecule has 0 atom stereocenters. The van der Waals surface area contributed by atoms with Gasteiger partial charge >= 0.3 is 0 Å². The molecule has 6 heteroatoms. The average molecular weight is 220 g/mol. The van der Waals surface area contributed by atoms with E-state index in [1.54, 1.807) is 12.4 Å². The quantitative estimate of drug-likeness (QED) is 0.496. The summed E-state index contributed by atoms with van der Waals surface area (Å²) in [5, 5.41) is 6.56. The van der Waals surface area contributed by atoms with Gasteiger partial charge in [-0.25, -0.2) is 9.97 Å². The van der Waals surface area contributed by atoms with Crippen LogP contribution in [0.1, 0.15) is 11.6 Å². The highest BCUT2D eigenvalue weighted by atomic mass is 15.0. The fourth-order valence-electron chi connectivity index (χ4n) is 1.38. The first-order valence-electron chi connectivity index (χ1n) is 5.33. The van der Waals surface area contributed by atoms with Crippen molar-refractivity contribution in [2.45, 2.75) is 13.1 Å². The molecule has 0 bridgehead atoms. The average Bonchev–Trinajstić information content (AvgIpc) is 2.96. The lowest BCUT2D eigenvalue weighted by Gasteiger charge is -2.03. The molecule has 0 radical (unpaired) electrons. The van der Waals surface area contributed by atoms with Crippen LogP contribution in [0.3, 0.4) is 0 Å². The Hall–Kier alpha value is -1.66. The van der Waals surface area contributed by atoms with Crippen molar-refractivity contribution in [2.75, 3.05) is 13.1 Å². The number of rotatable bonds is 7. The largest absolute Gasteiger partial charge is 0.348 e. The predicted octanol–water partition coefficient (Wildman–Crippen LogP) is 0.0122. The fourth-order valence-corrected chi connectivity index (χ4v) is 1.38. The zero-order valence-corrected chi connectivity index (χ0v) is 9.03. The van der Waals surface area contributed by atoms with E-state index in [0.717, 1.165) is 37.8 Å². The van der Waals surface area contributed by atoms with E-state index in [9.17, 15) is 0 Å². The van der Waals surface area contributed by atoms with Gasteiger partial charge in [0, 0.05) is 37.9 Å². The summed E-state index contributed by atoms with van der Waals surface area (Å²) in [6, 6.07) is 0. The van der Waals surface area contributed by atoms with Crippen molar-refractivity contribution in [2.24, 2.45) is 0 Å². The molecule has 86 valence electrons. The van der Waals surface area contributed by atoms with Crippen LogP contribution in [0.2, 0.25) is 0 Å². The van der Waals surface area contributed by atoms with E-state index < -0.39 is 0 Å². The van der Waals surface area contributed by atoms with Gasteiger partial charge in [0.25, 0.3) is 0 Å². The van der Waals surface area contributed by atoms with E-state index in [-0.39, 0.29) is 0 Å². The van der Waals surface area contributed by atoms with Crippen molar-refractivity contribution >= 4 is 0 Å². The van der Waals surface area contributed by atoms with Crippen LogP contribution in [0.15, 0.2) is 24.8 Å². The van der Waals surface area contributed by atoms with Gasteiger partial charge in [-0.05, 0) is 0 Å². The van der Waals surface area contributed by atoms with Gasteiger partial charge in [-0.1, -0.05) is 0 Å². The summed E-state index contributed by atoms with van der Waals surface area (Å²) in [4.78, 5) is 14.3. The Morgan fingerprint density at radius 1 is 0.875 bits per heavy atom. The normalized spacial score (nSPS) is 10.8. The van der Waals surface area contributed by atoms with Crippen LogP contribution in [-0.4, -0.2) is 33.0 Å². The highest BCUT2D eigenvalue weighted by molar-refractivity contribution is 4.87. The zero-order valence-electron chi connectivity index (χ0n) is 9.03. The standard InChI is InChI=1S/C10H16N6/c1(11-7-9-13-3-4-14-9)2-12-8-10-15-5-6-16-10/h3-6,11-12H,1-2,7-8H2,(H,13,14)(H,15,16). The highest BCUT2D eigenvalue weighted by Gasteiger charge is 1.94. The molecule has 2 rings (SSSR count). The lowest BCUT2D eigenvalue weighted by Crippen LogP contribution is -2.27. The molecule has 0 spiro atoms. The Morgan fingerprint density at radius 3 is 1.75 bits per heavy atom. The highest BCUT2D eigenvalue weighted by Crippen LogP contribution is 1.87. The third kappa shape index (κ3) is 3.48. The molecule has 0 aliphatic rings. The minimum atomic E-state index is 0.773. The van der Waals surface area contributed by atoms with Crippen molar-refractivity contribution in [1.82, 2.24) is 30.6 Å². The topological polar surface area (TPSA) is 81.4 Å². The Kier molecular flexibility index (Phi) is 4.09. The van der Waals surface area contributed by atoms with Crippen LogP contribution in [-0.2, 0) is 13.1 Å². The van der Waals surface area contributed by atoms with Crippen LogP contribution >= 0.6 is 0 Å². The van der Waals surface area contributed by atoms with Gasteiger partial charge < -0.3 is 20.6 Å². The number of hydrogen-bond acceptors (Lipinski definition) is 4. The molecule has 0 unspecified atom stereocenters. The summed E-state index contributed by atoms with van der Waals surface area (Å²) in [5.41, 5.74) is 0. The van der Waals surface area contributed by atoms with Gasteiger partial charge in [0.15, 0.2) is 0 Å². The van der Waals surface area contributed by atoms with E-state index in [4.69, 9.17) is 0 Å². The van der Waals surface area contributed by atoms with Gasteiger partial charge in [0.2, 0.25) is 0 Å². The van der Waals surface area contributed by atoms with E-state index in [1.807, 2.05) is 12.4 Å². The molecule has 0 saturated carbocycles. The fraction of sp³-hybridized carbons (Fsp3) is 0.400. The maximum atomic E-state index is 4.12. The van der Waals surface area contributed by atoms with Gasteiger partial charge in [0.05, 0.1) is 13.1 Å². The van der Waals surface area contributed by atoms with E-state index >= 15 is 0 Å². The molecule has 0 aromatic carbocycles. The summed E-state index contributed by atoms with van der Waals surface area (Å²) in [7, 11) is 0. The number of nitrogens with one attached hydrogen (secondary N) is 4. The lowest BCUT2D eigenvalue weighted by molar-refractivity contribution is 0.593. The monoisotopic (exact) mass is 220 g/mol. The van der Waals surface area contributed by atoms with Crippen molar-refractivity contribution in [1.29, 1.82) is 0 Å². The minimum Gasteiger partial charge on any atom is -0.348 e. The minimum absolute atomic E-state index is 0.773. The van der Waals surface area contributed by atoms with Crippen LogP contribution < -0.4 is 10.6 Å². The summed E-state index contributed by atoms with van der Waals surface area (Å²) >= 11 is 0. The first-order valence-corrected chi connectivity index (χ1v) is 5.33. The van der Waals surface area contributed by atoms with Crippen LogP contribution in [0.5, 0.6) is 0 Å². The molecule has 2 aromatic heterocycles. The molecule has 0 aliphatic heterocycles. The molecule has 2 heterocycles. The maximum Gasteiger partial charge on any atom is 0.120 e. The number of hydrogen-bond donors (Lipinski definition) is 4. The number of imidazole rings is 2. The number of aromatic amines is 2. The second kappa shape index (κ2) is 6.04. The first kappa shape index (κ1) is 10.8. The van der Waals surface area contributed by atoms with Crippen molar-refractivity contribution in [3.8, 4) is 0 Å². The Balaban J connectivity index is 1.49. The summed E-state index contributed by atoms with van der Waals surface area (Å²) in [6.45, 7) is 3.35. The van der Waals surface area contributed by atoms with Gasteiger partial charge in [-0.2, -0.15) is 0 Å². The number of H-pyrrole nitrogens is 2. The molecule has 0 saturated heterocycles. The molecule has 0 aliphatic carbocycles. The van der Waals surface area contributed by atoms with Gasteiger partial charge in [0.1, 0.15) is 11.6 Å². The molecular formula is C10H16N6. The third-order valence-corrected chi connectivity index (χ3v) is 2.17. The maximum absolute atomic E-state index is 4.12. The van der Waals surface area contributed by atoms with Crippen LogP contribution in [0, 0.1) is 0 Å². The van der Waals surface area contributed by atoms with Crippen molar-refractivity contribution in [3.05, 3.63) is 36.4 Å². The SMILES string of the molecule is c1c[nH]c(CNCCNCc2ncc[nH]2)n1. The van der Waals surface area contributed by atoms with Crippen LogP contribution in [0.4, 0.5) is 0 Å². The van der Waals surface area contributed by atoms with Crippen molar-refractivity contribution in [3.63, 3.8) is 0 Å². The Labute approximate surface area is 93.9 Å². The summed E-state index contributed by atoms with van der Waals surface area (Å²) < 4.78 is 0. The molecule has 16 heavy (non-hydrogen) atoms. The smallest absolute Gasteiger partial charge is 0.120 e. The molecule has 0 fully saturated rings. The van der Waals surface area contributed by atoms with Gasteiger partial charge in [-0.3, -0.25) is 0 Å². The second-order valence-corrected chi connectivity index (χ2v) is 3.43. The lowest BCUT2D eigenvalue weighted by atomic mass is 10.5. The third-order valence-electron chi connectivity index (χ3n) is 2.17. The van der Waals surface area contributed by atoms with E-state index in [2.05, 4.69) is 30.6 Å². The number of aromatic nitrogens is 4. The zero-order chi connectivity index (χ0) is 11.1. The Bertz CT molecular complexity index is 328. The van der Waals surface area contributed by atoms with Gasteiger partial charge in [-0.15, -0.1) is 0 Å². The summed E-state index contributed by atoms with van der Waals surface area (Å²) in [6.07, 6.45) is 7.16. The molecule has 2 aromatic rings. The van der Waals surface area contributed by atoms with Crippen molar-refractivity contribution < 1.29 is 0 Å². The first-order chi connectivity index (χ1) is 7.95. The molecular weight excluding hydrogens is 204 g/mol. The molecule has 6 nitrogen and oxygen atoms in total. The van der Waals surface area contributed by atoms with E-state index in [0.29, 0.717) is 0 Å². The summed E-state index contributed by atoms with van der Waals surface area (Å²) in [5.74, 6) is 1.93. The molecule has 4 N–H and O–H groups in total. The number of nitrogens with zero attached hydrogens (tertiary/aromatic N) is 2. The van der Waals surface area contributed by atoms with E-state index in [1.165, 1.54) is 0 Å².